The van der Waals surface area contributed by atoms with Crippen molar-refractivity contribution in [2.45, 2.75) is 38.3 Å². The number of thiophene rings is 1. The summed E-state index contributed by atoms with van der Waals surface area (Å²) >= 11 is 1.84. The average molecular weight is 343 g/mol. The molecule has 4 nitrogen and oxygen atoms in total. The van der Waals surface area contributed by atoms with Crippen LogP contribution in [-0.2, 0) is 13.6 Å². The molecule has 1 amide bonds. The van der Waals surface area contributed by atoms with Gasteiger partial charge in [0.25, 0.3) is 5.91 Å². The van der Waals surface area contributed by atoms with E-state index in [4.69, 9.17) is 0 Å². The van der Waals surface area contributed by atoms with Crippen molar-refractivity contribution in [3.8, 4) is 0 Å². The highest BCUT2D eigenvalue weighted by Crippen LogP contribution is 2.49. The molecule has 0 aromatic carbocycles. The Morgan fingerprint density at radius 3 is 2.75 bits per heavy atom. The molecule has 1 aliphatic carbocycles. The van der Waals surface area contributed by atoms with Crippen LogP contribution in [-0.4, -0.2) is 34.5 Å². The van der Waals surface area contributed by atoms with E-state index in [-0.39, 0.29) is 5.91 Å². The van der Waals surface area contributed by atoms with Crippen LogP contribution >= 0.6 is 11.3 Å². The van der Waals surface area contributed by atoms with Gasteiger partial charge in [-0.25, -0.2) is 0 Å². The normalized spacial score (nSPS) is 23.1. The van der Waals surface area contributed by atoms with Crippen LogP contribution in [0.3, 0.4) is 0 Å². The van der Waals surface area contributed by atoms with Crippen LogP contribution in [0.4, 0.5) is 0 Å². The van der Waals surface area contributed by atoms with Gasteiger partial charge < -0.3 is 9.88 Å². The standard InChI is InChI=1S/C19H25N3OS/c1-21-9-5-15(13-21)18(23)20-17-4-6-19(17)7-10-22(11-8-19)14-16-3-2-12-24-16/h2-3,5,9,12-13,17H,4,6-8,10-11,14H2,1H3,(H,20,23). The zero-order valence-electron chi connectivity index (χ0n) is 14.2. The molecule has 1 saturated heterocycles. The first-order chi connectivity index (χ1) is 11.6. The summed E-state index contributed by atoms with van der Waals surface area (Å²) in [6.07, 6.45) is 8.62. The Labute approximate surface area is 147 Å². The Balaban J connectivity index is 1.32. The van der Waals surface area contributed by atoms with E-state index >= 15 is 0 Å². The third kappa shape index (κ3) is 3.03. The summed E-state index contributed by atoms with van der Waals surface area (Å²) in [5.41, 5.74) is 1.12. The van der Waals surface area contributed by atoms with Gasteiger partial charge in [-0.05, 0) is 61.7 Å². The third-order valence-corrected chi connectivity index (χ3v) is 6.74. The molecule has 1 atom stereocenters. The quantitative estimate of drug-likeness (QED) is 0.925. The molecule has 24 heavy (non-hydrogen) atoms. The van der Waals surface area contributed by atoms with E-state index in [0.29, 0.717) is 11.5 Å². The second-order valence-corrected chi connectivity index (χ2v) is 8.38. The van der Waals surface area contributed by atoms with E-state index in [1.807, 2.05) is 41.4 Å². The van der Waals surface area contributed by atoms with E-state index in [0.717, 1.165) is 31.6 Å². The van der Waals surface area contributed by atoms with E-state index in [1.54, 1.807) is 0 Å². The highest BCUT2D eigenvalue weighted by Gasteiger charge is 2.48. The van der Waals surface area contributed by atoms with E-state index in [2.05, 4.69) is 27.7 Å². The summed E-state index contributed by atoms with van der Waals surface area (Å²) in [7, 11) is 1.95. The number of hydrogen-bond donors (Lipinski definition) is 1. The van der Waals surface area contributed by atoms with Crippen molar-refractivity contribution in [2.75, 3.05) is 13.1 Å². The molecule has 1 N–H and O–H groups in total. The van der Waals surface area contributed by atoms with Gasteiger partial charge in [0.05, 0.1) is 5.56 Å². The second kappa shape index (κ2) is 6.37. The first-order valence-corrected chi connectivity index (χ1v) is 9.70. The lowest BCUT2D eigenvalue weighted by molar-refractivity contribution is -0.00686. The number of aryl methyl sites for hydroxylation is 1. The molecule has 0 bridgehead atoms. The van der Waals surface area contributed by atoms with Crippen LogP contribution in [0.25, 0.3) is 0 Å². The molecule has 1 spiro atoms. The van der Waals surface area contributed by atoms with Gasteiger partial charge in [-0.1, -0.05) is 6.07 Å². The molecule has 5 heteroatoms. The zero-order valence-corrected chi connectivity index (χ0v) is 15.0. The first-order valence-electron chi connectivity index (χ1n) is 8.82. The highest BCUT2D eigenvalue weighted by molar-refractivity contribution is 7.09. The zero-order chi connectivity index (χ0) is 16.6. The number of amides is 1. The first kappa shape index (κ1) is 15.9. The number of aromatic nitrogens is 1. The van der Waals surface area contributed by atoms with Crippen molar-refractivity contribution in [3.05, 3.63) is 46.4 Å². The monoisotopic (exact) mass is 343 g/mol. The second-order valence-electron chi connectivity index (χ2n) is 7.35. The number of carbonyl (C=O) groups excluding carboxylic acids is 1. The number of piperidine rings is 1. The fourth-order valence-corrected chi connectivity index (χ4v) is 4.93. The topological polar surface area (TPSA) is 37.3 Å². The molecular weight excluding hydrogens is 318 g/mol. The Hall–Kier alpha value is -1.59. The SMILES string of the molecule is Cn1ccc(C(=O)NC2CCC23CCN(Cc2cccs2)CC3)c1. The van der Waals surface area contributed by atoms with E-state index < -0.39 is 0 Å². The van der Waals surface area contributed by atoms with Crippen molar-refractivity contribution in [1.82, 2.24) is 14.8 Å². The number of rotatable bonds is 4. The van der Waals surface area contributed by atoms with Crippen LogP contribution in [0, 0.1) is 5.41 Å². The van der Waals surface area contributed by atoms with E-state index in [9.17, 15) is 4.79 Å². The molecule has 4 rings (SSSR count). The van der Waals surface area contributed by atoms with Gasteiger partial charge in [-0.15, -0.1) is 11.3 Å². The Kier molecular flexibility index (Phi) is 4.22. The lowest BCUT2D eigenvalue weighted by Gasteiger charge is -2.54. The van der Waals surface area contributed by atoms with Crippen LogP contribution in [0.5, 0.6) is 0 Å². The predicted octanol–water partition coefficient (Wildman–Crippen LogP) is 3.26. The van der Waals surface area contributed by atoms with Gasteiger partial charge >= 0.3 is 0 Å². The molecule has 1 saturated carbocycles. The van der Waals surface area contributed by atoms with Crippen LogP contribution in [0.1, 0.15) is 40.9 Å². The number of carbonyl (C=O) groups is 1. The van der Waals surface area contributed by atoms with Crippen molar-refractivity contribution in [3.63, 3.8) is 0 Å². The molecule has 0 radical (unpaired) electrons. The minimum Gasteiger partial charge on any atom is -0.356 e. The third-order valence-electron chi connectivity index (χ3n) is 5.88. The van der Waals surface area contributed by atoms with Gasteiger partial charge in [-0.3, -0.25) is 9.69 Å². The Morgan fingerprint density at radius 2 is 2.17 bits per heavy atom. The summed E-state index contributed by atoms with van der Waals surface area (Å²) in [5.74, 6) is 0.0840. The Bertz CT molecular complexity index is 698. The maximum Gasteiger partial charge on any atom is 0.253 e. The van der Waals surface area contributed by atoms with Crippen molar-refractivity contribution < 1.29 is 4.79 Å². The maximum atomic E-state index is 12.4. The fourth-order valence-electron chi connectivity index (χ4n) is 4.18. The summed E-state index contributed by atoms with van der Waals surface area (Å²) in [5, 5.41) is 5.45. The molecule has 1 aliphatic heterocycles. The van der Waals surface area contributed by atoms with Crippen molar-refractivity contribution in [2.24, 2.45) is 12.5 Å². The van der Waals surface area contributed by atoms with Crippen LogP contribution < -0.4 is 5.32 Å². The largest absolute Gasteiger partial charge is 0.356 e. The molecule has 2 aliphatic rings. The molecular formula is C19H25N3OS. The van der Waals surface area contributed by atoms with Gasteiger partial charge in [0.2, 0.25) is 0 Å². The Morgan fingerprint density at radius 1 is 1.33 bits per heavy atom. The summed E-state index contributed by atoms with van der Waals surface area (Å²) in [4.78, 5) is 16.4. The molecule has 3 heterocycles. The van der Waals surface area contributed by atoms with Gasteiger partial charge in [0.15, 0.2) is 0 Å². The van der Waals surface area contributed by atoms with Crippen molar-refractivity contribution in [1.29, 1.82) is 0 Å². The van der Waals surface area contributed by atoms with Gasteiger partial charge in [0, 0.05) is 36.9 Å². The summed E-state index contributed by atoms with van der Waals surface area (Å²) < 4.78 is 1.93. The lowest BCUT2D eigenvalue weighted by Crippen LogP contribution is -2.59. The summed E-state index contributed by atoms with van der Waals surface area (Å²) in [6, 6.07) is 6.60. The molecule has 2 aromatic heterocycles. The number of nitrogens with zero attached hydrogens (tertiary/aromatic N) is 2. The number of likely N-dealkylation sites (tertiary alicyclic amines) is 1. The van der Waals surface area contributed by atoms with Gasteiger partial charge in [0.1, 0.15) is 0 Å². The predicted molar refractivity (Wildman–Crippen MR) is 97.2 cm³/mol. The molecule has 2 aromatic rings. The molecule has 1 unspecified atom stereocenters. The number of hydrogen-bond acceptors (Lipinski definition) is 3. The molecule has 128 valence electrons. The average Bonchev–Trinajstić information content (AvgIpc) is 3.24. The molecule has 2 fully saturated rings. The maximum absolute atomic E-state index is 12.4. The van der Waals surface area contributed by atoms with Gasteiger partial charge in [-0.2, -0.15) is 0 Å². The van der Waals surface area contributed by atoms with Crippen LogP contribution in [0.15, 0.2) is 36.0 Å². The minimum atomic E-state index is 0.0840. The van der Waals surface area contributed by atoms with E-state index in [1.165, 1.54) is 24.1 Å². The summed E-state index contributed by atoms with van der Waals surface area (Å²) in [6.45, 7) is 3.38. The fraction of sp³-hybridized carbons (Fsp3) is 0.526. The minimum absolute atomic E-state index is 0.0840. The lowest BCUT2D eigenvalue weighted by atomic mass is 9.59. The van der Waals surface area contributed by atoms with Crippen LogP contribution in [0.2, 0.25) is 0 Å². The highest BCUT2D eigenvalue weighted by atomic mass is 32.1. The number of nitrogens with one attached hydrogen (secondary N) is 1. The smallest absolute Gasteiger partial charge is 0.253 e. The van der Waals surface area contributed by atoms with Crippen molar-refractivity contribution >= 4 is 17.2 Å².